The second-order valence-corrected chi connectivity index (χ2v) is 5.13. The smallest absolute Gasteiger partial charge is 0.142 e. The first-order chi connectivity index (χ1) is 7.82. The molecule has 1 atom stereocenters. The molecule has 0 saturated carbocycles. The van der Waals surface area contributed by atoms with E-state index in [2.05, 4.69) is 27.7 Å². The normalized spacial score (nSPS) is 16.4. The van der Waals surface area contributed by atoms with Crippen LogP contribution in [0.5, 0.6) is 0 Å². The highest BCUT2D eigenvalue weighted by atomic mass is 16.3. The minimum Gasteiger partial charge on any atom is -0.389 e. The van der Waals surface area contributed by atoms with Crippen molar-refractivity contribution in [2.75, 3.05) is 0 Å². The van der Waals surface area contributed by atoms with Crippen LogP contribution in [0.3, 0.4) is 0 Å². The van der Waals surface area contributed by atoms with Crippen molar-refractivity contribution in [1.29, 1.82) is 0 Å². The van der Waals surface area contributed by atoms with E-state index < -0.39 is 6.10 Å². The van der Waals surface area contributed by atoms with Gasteiger partial charge in [-0.1, -0.05) is 51.5 Å². The van der Waals surface area contributed by atoms with Crippen LogP contribution in [0.2, 0.25) is 0 Å². The Morgan fingerprint density at radius 2 is 1.88 bits per heavy atom. The molecule has 0 bridgehead atoms. The molecule has 0 aromatic carbocycles. The van der Waals surface area contributed by atoms with E-state index in [0.29, 0.717) is 6.29 Å². The first-order valence-electron chi connectivity index (χ1n) is 6.04. The predicted molar refractivity (Wildman–Crippen MR) is 72.8 cm³/mol. The molecule has 0 aromatic rings. The molecule has 0 spiro atoms. The average molecular weight is 236 g/mol. The van der Waals surface area contributed by atoms with Crippen LogP contribution in [-0.2, 0) is 4.79 Å². The molecule has 1 unspecified atom stereocenters. The summed E-state index contributed by atoms with van der Waals surface area (Å²) in [4.78, 5) is 10.3. The van der Waals surface area contributed by atoms with Crippen LogP contribution < -0.4 is 0 Å². The molecule has 0 aliphatic heterocycles. The molecule has 1 N–H and O–H groups in total. The lowest BCUT2D eigenvalue weighted by Gasteiger charge is -2.21. The van der Waals surface area contributed by atoms with Gasteiger partial charge in [0.15, 0.2) is 0 Å². The minimum absolute atomic E-state index is 0.128. The van der Waals surface area contributed by atoms with Crippen molar-refractivity contribution in [3.63, 3.8) is 0 Å². The largest absolute Gasteiger partial charge is 0.389 e. The van der Waals surface area contributed by atoms with Gasteiger partial charge in [0.2, 0.25) is 0 Å². The number of allylic oxidation sites excluding steroid dienone is 4. The molecule has 0 radical (unpaired) electrons. The fourth-order valence-corrected chi connectivity index (χ4v) is 1.58. The zero-order chi connectivity index (χ0) is 13.5. The summed E-state index contributed by atoms with van der Waals surface area (Å²) in [5.74, 6) is 0. The summed E-state index contributed by atoms with van der Waals surface area (Å²) in [7, 11) is 0. The van der Waals surface area contributed by atoms with Crippen LogP contribution in [0.15, 0.2) is 35.5 Å². The number of aldehydes is 1. The van der Waals surface area contributed by atoms with Crippen molar-refractivity contribution in [2.45, 2.75) is 47.1 Å². The fourth-order valence-electron chi connectivity index (χ4n) is 1.58. The zero-order valence-corrected chi connectivity index (χ0v) is 11.5. The first-order valence-corrected chi connectivity index (χ1v) is 6.04. The Morgan fingerprint density at radius 3 is 2.24 bits per heavy atom. The summed E-state index contributed by atoms with van der Waals surface area (Å²) >= 11 is 0. The van der Waals surface area contributed by atoms with Crippen LogP contribution in [-0.4, -0.2) is 17.5 Å². The van der Waals surface area contributed by atoms with Gasteiger partial charge in [-0.15, -0.1) is 0 Å². The molecule has 0 aliphatic carbocycles. The number of aliphatic hydroxyl groups excluding tert-OH is 1. The van der Waals surface area contributed by atoms with Gasteiger partial charge in [0.1, 0.15) is 6.29 Å². The lowest BCUT2D eigenvalue weighted by Crippen LogP contribution is -2.08. The first kappa shape index (κ1) is 15.9. The van der Waals surface area contributed by atoms with Crippen LogP contribution in [0, 0.1) is 5.41 Å². The van der Waals surface area contributed by atoms with E-state index in [9.17, 15) is 9.90 Å². The molecule has 0 rings (SSSR count). The summed E-state index contributed by atoms with van der Waals surface area (Å²) < 4.78 is 0. The summed E-state index contributed by atoms with van der Waals surface area (Å²) in [5.41, 5.74) is 2.19. The van der Waals surface area contributed by atoms with Gasteiger partial charge in [-0.05, 0) is 30.4 Å². The molecule has 0 heterocycles. The molecule has 0 aliphatic rings. The summed E-state index contributed by atoms with van der Waals surface area (Å²) in [6.45, 7) is 10.3. The van der Waals surface area contributed by atoms with Crippen molar-refractivity contribution < 1.29 is 9.90 Å². The Kier molecular flexibility index (Phi) is 6.74. The van der Waals surface area contributed by atoms with Gasteiger partial charge in [0.25, 0.3) is 0 Å². The van der Waals surface area contributed by atoms with Crippen molar-refractivity contribution >= 4 is 6.29 Å². The Morgan fingerprint density at radius 1 is 1.29 bits per heavy atom. The molecule has 0 amide bonds. The van der Waals surface area contributed by atoms with E-state index >= 15 is 0 Å². The molecule has 0 fully saturated rings. The third kappa shape index (κ3) is 6.22. The molecule has 17 heavy (non-hydrogen) atoms. The second kappa shape index (κ2) is 7.23. The lowest BCUT2D eigenvalue weighted by molar-refractivity contribution is -0.104. The Bertz CT molecular complexity index is 325. The van der Waals surface area contributed by atoms with Crippen molar-refractivity contribution in [3.8, 4) is 0 Å². The highest BCUT2D eigenvalue weighted by molar-refractivity contribution is 5.66. The zero-order valence-electron chi connectivity index (χ0n) is 11.5. The van der Waals surface area contributed by atoms with E-state index in [1.54, 1.807) is 13.0 Å². The Labute approximate surface area is 105 Å². The van der Waals surface area contributed by atoms with E-state index in [1.807, 2.05) is 12.2 Å². The number of hydrogen-bond acceptors (Lipinski definition) is 2. The number of carbonyl (C=O) groups excluding carboxylic acids is 1. The molecular weight excluding hydrogens is 212 g/mol. The number of rotatable bonds is 5. The van der Waals surface area contributed by atoms with Gasteiger partial charge in [0, 0.05) is 0 Å². The standard InChI is InChI=1S/C15H24O2/c1-6-14(15(3,4)5)10-9-13(12(2)17)8-7-11-16/h7-12,17H,6H2,1-5H3/b8-7+,13-9-,14-10+. The maximum Gasteiger partial charge on any atom is 0.142 e. The molecule has 0 aromatic heterocycles. The summed E-state index contributed by atoms with van der Waals surface area (Å²) in [5, 5.41) is 9.56. The maximum atomic E-state index is 10.3. The summed E-state index contributed by atoms with van der Waals surface area (Å²) in [6.07, 6.45) is 8.08. The number of hydrogen-bond donors (Lipinski definition) is 1. The second-order valence-electron chi connectivity index (χ2n) is 5.13. The monoisotopic (exact) mass is 236 g/mol. The molecule has 96 valence electrons. The minimum atomic E-state index is -0.569. The molecule has 2 heteroatoms. The SMILES string of the molecule is CC\C(=C/C=C(/C=C/C=O)C(C)O)C(C)(C)C. The third-order valence-electron chi connectivity index (χ3n) is 2.67. The highest BCUT2D eigenvalue weighted by Crippen LogP contribution is 2.27. The third-order valence-corrected chi connectivity index (χ3v) is 2.67. The van der Waals surface area contributed by atoms with Gasteiger partial charge in [0.05, 0.1) is 6.10 Å². The van der Waals surface area contributed by atoms with E-state index in [-0.39, 0.29) is 5.41 Å². The molecular formula is C15H24O2. The van der Waals surface area contributed by atoms with Crippen LogP contribution in [0.4, 0.5) is 0 Å². The number of carbonyl (C=O) groups is 1. The van der Waals surface area contributed by atoms with Crippen molar-refractivity contribution in [1.82, 2.24) is 0 Å². The van der Waals surface area contributed by atoms with Gasteiger partial charge < -0.3 is 5.11 Å². The van der Waals surface area contributed by atoms with Gasteiger partial charge in [-0.3, -0.25) is 4.79 Å². The van der Waals surface area contributed by atoms with E-state index in [4.69, 9.17) is 0 Å². The number of aliphatic hydroxyl groups is 1. The van der Waals surface area contributed by atoms with Gasteiger partial charge in [-0.25, -0.2) is 0 Å². The fraction of sp³-hybridized carbons (Fsp3) is 0.533. The Hall–Kier alpha value is -1.15. The Balaban J connectivity index is 5.12. The van der Waals surface area contributed by atoms with Crippen LogP contribution in [0.25, 0.3) is 0 Å². The summed E-state index contributed by atoms with van der Waals surface area (Å²) in [6, 6.07) is 0. The molecule has 0 saturated heterocycles. The van der Waals surface area contributed by atoms with Crippen molar-refractivity contribution in [2.24, 2.45) is 5.41 Å². The quantitative estimate of drug-likeness (QED) is 0.451. The molecule has 2 nitrogen and oxygen atoms in total. The lowest BCUT2D eigenvalue weighted by atomic mass is 9.84. The average Bonchev–Trinajstić information content (AvgIpc) is 2.20. The maximum absolute atomic E-state index is 10.3. The van der Waals surface area contributed by atoms with Crippen LogP contribution >= 0.6 is 0 Å². The predicted octanol–water partition coefficient (Wildman–Crippen LogP) is 3.43. The highest BCUT2D eigenvalue weighted by Gasteiger charge is 2.14. The van der Waals surface area contributed by atoms with Gasteiger partial charge in [-0.2, -0.15) is 0 Å². The van der Waals surface area contributed by atoms with Gasteiger partial charge >= 0.3 is 0 Å². The van der Waals surface area contributed by atoms with E-state index in [1.165, 1.54) is 11.6 Å². The topological polar surface area (TPSA) is 37.3 Å². The van der Waals surface area contributed by atoms with E-state index in [0.717, 1.165) is 12.0 Å². The van der Waals surface area contributed by atoms with Crippen molar-refractivity contribution in [3.05, 3.63) is 35.5 Å². The van der Waals surface area contributed by atoms with Crippen LogP contribution in [0.1, 0.15) is 41.0 Å².